The van der Waals surface area contributed by atoms with Gasteiger partial charge in [-0.05, 0) is 45.1 Å². The Morgan fingerprint density at radius 3 is 2.54 bits per heavy atom. The number of rotatable bonds is 3. The van der Waals surface area contributed by atoms with E-state index in [0.29, 0.717) is 58.6 Å². The molecule has 0 amide bonds. The summed E-state index contributed by atoms with van der Waals surface area (Å²) in [7, 11) is 1.53. The van der Waals surface area contributed by atoms with Gasteiger partial charge < -0.3 is 30.5 Å². The van der Waals surface area contributed by atoms with Crippen molar-refractivity contribution in [1.82, 2.24) is 0 Å². The van der Waals surface area contributed by atoms with Crippen LogP contribution in [0.2, 0.25) is 0 Å². The van der Waals surface area contributed by atoms with Crippen molar-refractivity contribution in [2.24, 2.45) is 11.7 Å². The number of benzene rings is 2. The molecule has 3 atom stereocenters. The van der Waals surface area contributed by atoms with Gasteiger partial charge >= 0.3 is 0 Å². The minimum atomic E-state index is -0.552. The Morgan fingerprint density at radius 1 is 1.14 bits per heavy atom. The number of methoxy groups -OCH3 is 1. The molecule has 8 nitrogen and oxygen atoms in total. The van der Waals surface area contributed by atoms with E-state index in [4.69, 9.17) is 20.3 Å². The second-order valence-corrected chi connectivity index (χ2v) is 9.53. The molecule has 35 heavy (non-hydrogen) atoms. The van der Waals surface area contributed by atoms with Gasteiger partial charge in [-0.1, -0.05) is 12.1 Å². The molecule has 0 spiro atoms. The van der Waals surface area contributed by atoms with Crippen molar-refractivity contribution in [2.45, 2.75) is 57.6 Å². The first-order chi connectivity index (χ1) is 16.8. The van der Waals surface area contributed by atoms with Crippen LogP contribution in [0.25, 0.3) is 0 Å². The Morgan fingerprint density at radius 2 is 1.91 bits per heavy atom. The Kier molecular flexibility index (Phi) is 7.44. The number of phenols is 2. The van der Waals surface area contributed by atoms with Crippen molar-refractivity contribution >= 4 is 11.6 Å². The molecule has 5 rings (SSSR count). The maximum atomic E-state index is 13.1. The van der Waals surface area contributed by atoms with Crippen molar-refractivity contribution in [3.63, 3.8) is 0 Å². The van der Waals surface area contributed by atoms with Crippen molar-refractivity contribution < 1.29 is 34.4 Å². The van der Waals surface area contributed by atoms with Gasteiger partial charge in [0.2, 0.25) is 0 Å². The molecule has 2 aromatic carbocycles. The fourth-order valence-corrected chi connectivity index (χ4v) is 5.35. The van der Waals surface area contributed by atoms with Crippen LogP contribution in [0.5, 0.6) is 17.2 Å². The smallest absolute Gasteiger partial charge is 0.197 e. The standard InChI is InChI=1S/C21H20O6.C6H13NO/c1-27-17-4-2-3-11-13(17)8-15-18(20(11)25)21(26)14-7-10(16(23)9-22)5-6-12(14)19(15)24;1-5-4-6(7)2-3-8-5/h2-4,10,22,24,26H,5-9H2,1H3;5-6H,2-4,7H2,1H3. The number of ketones is 2. The summed E-state index contributed by atoms with van der Waals surface area (Å²) in [5, 5.41) is 30.8. The Balaban J connectivity index is 0.000000308. The number of ether oxygens (including phenoxy) is 2. The van der Waals surface area contributed by atoms with Gasteiger partial charge in [0.1, 0.15) is 23.9 Å². The molecular formula is C27H33NO7. The molecule has 3 aliphatic rings. The van der Waals surface area contributed by atoms with Gasteiger partial charge in [0, 0.05) is 52.8 Å². The number of Topliss-reactive ketones (excluding diaryl/α,β-unsaturated/α-hetero) is 1. The van der Waals surface area contributed by atoms with E-state index in [1.165, 1.54) is 7.11 Å². The predicted octanol–water partition coefficient (Wildman–Crippen LogP) is 2.42. The normalized spacial score (nSPS) is 22.7. The summed E-state index contributed by atoms with van der Waals surface area (Å²) in [4.78, 5) is 25.0. The third kappa shape index (κ3) is 4.78. The molecule has 1 aliphatic heterocycles. The Bertz CT molecular complexity index is 1140. The maximum absolute atomic E-state index is 13.1. The van der Waals surface area contributed by atoms with Gasteiger partial charge in [0.25, 0.3) is 0 Å². The number of aliphatic hydroxyl groups excluding tert-OH is 1. The molecule has 1 fully saturated rings. The lowest BCUT2D eigenvalue weighted by Crippen LogP contribution is -2.32. The van der Waals surface area contributed by atoms with E-state index in [-0.39, 0.29) is 41.5 Å². The molecule has 0 aromatic heterocycles. The van der Waals surface area contributed by atoms with Crippen LogP contribution in [0.4, 0.5) is 0 Å². The monoisotopic (exact) mass is 483 g/mol. The zero-order valence-electron chi connectivity index (χ0n) is 20.2. The molecular weight excluding hydrogens is 450 g/mol. The van der Waals surface area contributed by atoms with Crippen LogP contribution in [0, 0.1) is 5.92 Å². The molecule has 3 unspecified atom stereocenters. The van der Waals surface area contributed by atoms with Crippen LogP contribution in [0.3, 0.4) is 0 Å². The van der Waals surface area contributed by atoms with Crippen molar-refractivity contribution in [2.75, 3.05) is 20.3 Å². The number of phenolic OH excluding ortho intramolecular Hbond substituents is 2. The summed E-state index contributed by atoms with van der Waals surface area (Å²) >= 11 is 0. The molecule has 1 heterocycles. The first kappa shape index (κ1) is 25.2. The van der Waals surface area contributed by atoms with E-state index < -0.39 is 12.5 Å². The van der Waals surface area contributed by atoms with E-state index in [0.717, 1.165) is 19.4 Å². The van der Waals surface area contributed by atoms with E-state index in [9.17, 15) is 19.8 Å². The van der Waals surface area contributed by atoms with Gasteiger partial charge in [-0.2, -0.15) is 0 Å². The minimum absolute atomic E-state index is 0.0117. The number of aromatic hydroxyl groups is 2. The molecule has 0 bridgehead atoms. The molecule has 5 N–H and O–H groups in total. The van der Waals surface area contributed by atoms with E-state index in [2.05, 4.69) is 6.92 Å². The first-order valence-electron chi connectivity index (χ1n) is 12.1. The molecule has 2 aromatic rings. The van der Waals surface area contributed by atoms with Gasteiger partial charge in [-0.25, -0.2) is 0 Å². The lowest BCUT2D eigenvalue weighted by atomic mass is 9.75. The van der Waals surface area contributed by atoms with Crippen molar-refractivity contribution in [3.05, 3.63) is 51.6 Å². The summed E-state index contributed by atoms with van der Waals surface area (Å²) in [5.41, 5.74) is 8.30. The lowest BCUT2D eigenvalue weighted by molar-refractivity contribution is -0.125. The van der Waals surface area contributed by atoms with Gasteiger partial charge in [0.05, 0.1) is 18.8 Å². The number of carbonyl (C=O) groups excluding carboxylic acids is 2. The number of aliphatic hydroxyl groups is 1. The number of nitrogens with two attached hydrogens (primary N) is 1. The van der Waals surface area contributed by atoms with E-state index in [1.54, 1.807) is 18.2 Å². The highest BCUT2D eigenvalue weighted by Gasteiger charge is 2.36. The number of carbonyl (C=O) groups is 2. The summed E-state index contributed by atoms with van der Waals surface area (Å²) < 4.78 is 10.6. The van der Waals surface area contributed by atoms with Crippen LogP contribution in [0.15, 0.2) is 18.2 Å². The molecule has 1 saturated heterocycles. The van der Waals surface area contributed by atoms with E-state index >= 15 is 0 Å². The second kappa shape index (κ2) is 10.4. The quantitative estimate of drug-likeness (QED) is 0.417. The zero-order chi connectivity index (χ0) is 25.3. The Hall–Kier alpha value is -2.94. The average molecular weight is 484 g/mol. The number of hydrogen-bond acceptors (Lipinski definition) is 8. The third-order valence-corrected chi connectivity index (χ3v) is 7.27. The predicted molar refractivity (Wildman–Crippen MR) is 129 cm³/mol. The third-order valence-electron chi connectivity index (χ3n) is 7.27. The van der Waals surface area contributed by atoms with Crippen LogP contribution >= 0.6 is 0 Å². The molecule has 0 radical (unpaired) electrons. The van der Waals surface area contributed by atoms with Crippen LogP contribution < -0.4 is 10.5 Å². The largest absolute Gasteiger partial charge is 0.507 e. The highest BCUT2D eigenvalue weighted by molar-refractivity contribution is 6.15. The van der Waals surface area contributed by atoms with Crippen LogP contribution in [-0.2, 0) is 28.8 Å². The highest BCUT2D eigenvalue weighted by Crippen LogP contribution is 2.47. The van der Waals surface area contributed by atoms with Gasteiger partial charge in [-0.3, -0.25) is 9.59 Å². The average Bonchev–Trinajstić information content (AvgIpc) is 2.86. The van der Waals surface area contributed by atoms with Crippen molar-refractivity contribution in [1.29, 1.82) is 0 Å². The van der Waals surface area contributed by atoms with Crippen molar-refractivity contribution in [3.8, 4) is 17.2 Å². The fourth-order valence-electron chi connectivity index (χ4n) is 5.35. The van der Waals surface area contributed by atoms with Crippen LogP contribution in [-0.4, -0.2) is 59.4 Å². The van der Waals surface area contributed by atoms with Gasteiger partial charge in [-0.15, -0.1) is 0 Å². The second-order valence-electron chi connectivity index (χ2n) is 9.53. The molecule has 188 valence electrons. The summed E-state index contributed by atoms with van der Waals surface area (Å²) in [6.45, 7) is 2.37. The lowest BCUT2D eigenvalue weighted by Gasteiger charge is -2.29. The topological polar surface area (TPSA) is 139 Å². The van der Waals surface area contributed by atoms with Gasteiger partial charge in [0.15, 0.2) is 11.6 Å². The summed E-state index contributed by atoms with van der Waals surface area (Å²) in [6.07, 6.45) is 3.84. The summed E-state index contributed by atoms with van der Waals surface area (Å²) in [5.74, 6) is -0.659. The Labute approximate surface area is 204 Å². The first-order valence-corrected chi connectivity index (χ1v) is 12.1. The van der Waals surface area contributed by atoms with E-state index in [1.807, 2.05) is 0 Å². The fraction of sp³-hybridized carbons (Fsp3) is 0.481. The minimum Gasteiger partial charge on any atom is -0.507 e. The van der Waals surface area contributed by atoms with Crippen LogP contribution in [0.1, 0.15) is 64.4 Å². The zero-order valence-corrected chi connectivity index (χ0v) is 20.2. The molecule has 2 aliphatic carbocycles. The highest BCUT2D eigenvalue weighted by atomic mass is 16.5. The number of fused-ring (bicyclic) bond motifs is 3. The SMILES string of the molecule is CC1CC(N)CCO1.COc1cccc2c1Cc1c(O)c3c(c(O)c1C2=O)CC(C(=O)CO)CC3. The number of hydrogen-bond donors (Lipinski definition) is 4. The molecule has 8 heteroatoms. The summed E-state index contributed by atoms with van der Waals surface area (Å²) in [6, 6.07) is 5.54. The molecule has 0 saturated carbocycles. The maximum Gasteiger partial charge on any atom is 0.197 e.